The summed E-state index contributed by atoms with van der Waals surface area (Å²) in [6.07, 6.45) is 7.49. The highest BCUT2D eigenvalue weighted by Gasteiger charge is 1.92. The minimum atomic E-state index is 0.874. The van der Waals surface area contributed by atoms with Crippen molar-refractivity contribution in [2.75, 3.05) is 0 Å². The summed E-state index contributed by atoms with van der Waals surface area (Å²) in [6.45, 7) is 1.93. The molecule has 0 aliphatic heterocycles. The van der Waals surface area contributed by atoms with Crippen LogP contribution in [0.4, 0.5) is 0 Å². The molecule has 0 atom stereocenters. The molecule has 0 saturated carbocycles. The zero-order valence-electron chi connectivity index (χ0n) is 7.97. The highest BCUT2D eigenvalue weighted by molar-refractivity contribution is 5.66. The molecule has 0 bridgehead atoms. The lowest BCUT2D eigenvalue weighted by Gasteiger charge is -1.89. The Balaban J connectivity index is 2.15. The molecule has 0 amide bonds. The second-order valence-electron chi connectivity index (χ2n) is 3.06. The van der Waals surface area contributed by atoms with E-state index in [1.807, 2.05) is 43.3 Å². The molecule has 0 unspecified atom stereocenters. The molecule has 2 aromatic heterocycles. The Morgan fingerprint density at radius 1 is 1.07 bits per heavy atom. The Labute approximate surface area is 82.9 Å². The van der Waals surface area contributed by atoms with Crippen LogP contribution < -0.4 is 0 Å². The minimum absolute atomic E-state index is 0.874. The fourth-order valence-corrected chi connectivity index (χ4v) is 1.20. The smallest absolute Gasteiger partial charge is 0.127 e. The van der Waals surface area contributed by atoms with Crippen LogP contribution in [-0.4, -0.2) is 4.98 Å². The summed E-state index contributed by atoms with van der Waals surface area (Å²) in [7, 11) is 0. The van der Waals surface area contributed by atoms with Crippen molar-refractivity contribution >= 4 is 12.2 Å². The summed E-state index contributed by atoms with van der Waals surface area (Å²) in [5, 5.41) is 0. The number of rotatable bonds is 2. The van der Waals surface area contributed by atoms with Crippen molar-refractivity contribution in [2.24, 2.45) is 0 Å². The molecule has 2 heterocycles. The Hall–Kier alpha value is -1.83. The number of furan rings is 1. The fourth-order valence-electron chi connectivity index (χ4n) is 1.20. The van der Waals surface area contributed by atoms with E-state index < -0.39 is 0 Å². The van der Waals surface area contributed by atoms with Crippen molar-refractivity contribution in [3.8, 4) is 0 Å². The zero-order valence-corrected chi connectivity index (χ0v) is 7.97. The maximum atomic E-state index is 5.40. The summed E-state index contributed by atoms with van der Waals surface area (Å²) < 4.78 is 5.40. The average molecular weight is 185 g/mol. The molecule has 0 aromatic carbocycles. The lowest BCUT2D eigenvalue weighted by Crippen LogP contribution is -1.71. The van der Waals surface area contributed by atoms with Gasteiger partial charge in [-0.3, -0.25) is 4.98 Å². The molecule has 0 aliphatic carbocycles. The topological polar surface area (TPSA) is 26.0 Å². The van der Waals surface area contributed by atoms with E-state index >= 15 is 0 Å². The molecule has 70 valence electrons. The van der Waals surface area contributed by atoms with Crippen LogP contribution in [0.25, 0.3) is 12.2 Å². The SMILES string of the molecule is Cc1ccc(C=Cc2ccncc2)o1. The van der Waals surface area contributed by atoms with E-state index in [0.29, 0.717) is 0 Å². The highest BCUT2D eigenvalue weighted by atomic mass is 16.3. The van der Waals surface area contributed by atoms with Crippen LogP contribution in [-0.2, 0) is 0 Å². The van der Waals surface area contributed by atoms with Crippen LogP contribution in [0.1, 0.15) is 17.1 Å². The molecule has 2 nitrogen and oxygen atoms in total. The summed E-state index contributed by atoms with van der Waals surface area (Å²) in [6, 6.07) is 7.80. The van der Waals surface area contributed by atoms with Gasteiger partial charge in [0.15, 0.2) is 0 Å². The lowest BCUT2D eigenvalue weighted by molar-refractivity contribution is 0.525. The van der Waals surface area contributed by atoms with Crippen LogP contribution in [0, 0.1) is 6.92 Å². The largest absolute Gasteiger partial charge is 0.462 e. The van der Waals surface area contributed by atoms with Crippen molar-refractivity contribution in [1.29, 1.82) is 0 Å². The van der Waals surface area contributed by atoms with Gasteiger partial charge >= 0.3 is 0 Å². The number of aryl methyl sites for hydroxylation is 1. The molecule has 0 spiro atoms. The van der Waals surface area contributed by atoms with E-state index in [2.05, 4.69) is 4.98 Å². The van der Waals surface area contributed by atoms with Crippen LogP contribution in [0.2, 0.25) is 0 Å². The van der Waals surface area contributed by atoms with Gasteiger partial charge in [-0.25, -0.2) is 0 Å². The third-order valence-corrected chi connectivity index (χ3v) is 1.91. The van der Waals surface area contributed by atoms with Gasteiger partial charge in [-0.1, -0.05) is 6.08 Å². The monoisotopic (exact) mass is 185 g/mol. The first kappa shape index (κ1) is 8.75. The van der Waals surface area contributed by atoms with Crippen molar-refractivity contribution < 1.29 is 4.42 Å². The standard InChI is InChI=1S/C12H11NO/c1-10-2-4-12(14-10)5-3-11-6-8-13-9-7-11/h2-9H,1H3. The first-order chi connectivity index (χ1) is 6.84. The first-order valence-corrected chi connectivity index (χ1v) is 4.49. The lowest BCUT2D eigenvalue weighted by atomic mass is 10.2. The molecule has 2 heteroatoms. The number of aromatic nitrogens is 1. The Morgan fingerprint density at radius 3 is 2.50 bits per heavy atom. The van der Waals surface area contributed by atoms with E-state index in [1.54, 1.807) is 12.4 Å². The van der Waals surface area contributed by atoms with E-state index in [9.17, 15) is 0 Å². The first-order valence-electron chi connectivity index (χ1n) is 4.49. The minimum Gasteiger partial charge on any atom is -0.462 e. The Morgan fingerprint density at radius 2 is 1.86 bits per heavy atom. The quantitative estimate of drug-likeness (QED) is 0.718. The summed E-state index contributed by atoms with van der Waals surface area (Å²) in [5.74, 6) is 1.80. The van der Waals surface area contributed by atoms with Crippen molar-refractivity contribution in [3.05, 3.63) is 53.7 Å². The second-order valence-corrected chi connectivity index (χ2v) is 3.06. The molecule has 14 heavy (non-hydrogen) atoms. The highest BCUT2D eigenvalue weighted by Crippen LogP contribution is 2.10. The normalized spacial score (nSPS) is 10.9. The number of pyridine rings is 1. The third kappa shape index (κ3) is 2.10. The van der Waals surface area contributed by atoms with E-state index in [1.165, 1.54) is 0 Å². The molecular formula is C12H11NO. The summed E-state index contributed by atoms with van der Waals surface area (Å²) >= 11 is 0. The maximum Gasteiger partial charge on any atom is 0.127 e. The van der Waals surface area contributed by atoms with Gasteiger partial charge < -0.3 is 4.42 Å². The van der Waals surface area contributed by atoms with Crippen LogP contribution >= 0.6 is 0 Å². The van der Waals surface area contributed by atoms with Gasteiger partial charge in [0.25, 0.3) is 0 Å². The second kappa shape index (κ2) is 3.92. The van der Waals surface area contributed by atoms with Gasteiger partial charge in [0.05, 0.1) is 0 Å². The molecule has 0 radical (unpaired) electrons. The van der Waals surface area contributed by atoms with Gasteiger partial charge in [-0.15, -0.1) is 0 Å². The number of nitrogens with zero attached hydrogens (tertiary/aromatic N) is 1. The molecule has 2 aromatic rings. The molecule has 0 N–H and O–H groups in total. The van der Waals surface area contributed by atoms with Gasteiger partial charge in [0, 0.05) is 12.4 Å². The van der Waals surface area contributed by atoms with Gasteiger partial charge in [-0.2, -0.15) is 0 Å². The van der Waals surface area contributed by atoms with Crippen molar-refractivity contribution in [1.82, 2.24) is 4.98 Å². The van der Waals surface area contributed by atoms with E-state index in [-0.39, 0.29) is 0 Å². The summed E-state index contributed by atoms with van der Waals surface area (Å²) in [4.78, 5) is 3.95. The van der Waals surface area contributed by atoms with Crippen LogP contribution in [0.15, 0.2) is 41.1 Å². The molecule has 0 aliphatic rings. The number of hydrogen-bond donors (Lipinski definition) is 0. The van der Waals surface area contributed by atoms with Crippen molar-refractivity contribution in [2.45, 2.75) is 6.92 Å². The van der Waals surface area contributed by atoms with Gasteiger partial charge in [0.1, 0.15) is 11.5 Å². The Kier molecular flexibility index (Phi) is 2.45. The van der Waals surface area contributed by atoms with Gasteiger partial charge in [-0.05, 0) is 42.8 Å². The van der Waals surface area contributed by atoms with E-state index in [4.69, 9.17) is 4.42 Å². The van der Waals surface area contributed by atoms with E-state index in [0.717, 1.165) is 17.1 Å². The molecule has 0 fully saturated rings. The fraction of sp³-hybridized carbons (Fsp3) is 0.0833. The van der Waals surface area contributed by atoms with Gasteiger partial charge in [0.2, 0.25) is 0 Å². The third-order valence-electron chi connectivity index (χ3n) is 1.91. The predicted molar refractivity (Wildman–Crippen MR) is 56.6 cm³/mol. The Bertz CT molecular complexity index is 429. The van der Waals surface area contributed by atoms with Crippen molar-refractivity contribution in [3.63, 3.8) is 0 Å². The van der Waals surface area contributed by atoms with Crippen LogP contribution in [0.3, 0.4) is 0 Å². The summed E-state index contributed by atoms with van der Waals surface area (Å²) in [5.41, 5.74) is 1.12. The van der Waals surface area contributed by atoms with Crippen LogP contribution in [0.5, 0.6) is 0 Å². The maximum absolute atomic E-state index is 5.40. The zero-order chi connectivity index (χ0) is 9.80. The molecular weight excluding hydrogens is 174 g/mol. The molecule has 2 rings (SSSR count). The number of hydrogen-bond acceptors (Lipinski definition) is 2. The average Bonchev–Trinajstić information content (AvgIpc) is 2.63. The molecule has 0 saturated heterocycles. The predicted octanol–water partition coefficient (Wildman–Crippen LogP) is 3.15.